The van der Waals surface area contributed by atoms with Crippen molar-refractivity contribution in [2.45, 2.75) is 45.6 Å². The van der Waals surface area contributed by atoms with Gasteiger partial charge in [-0.15, -0.1) is 0 Å². The fraction of sp³-hybridized carbons (Fsp3) is 0.692. The third kappa shape index (κ3) is 7.85. The summed E-state index contributed by atoms with van der Waals surface area (Å²) in [5, 5.41) is 9.23. The fourth-order valence-electron chi connectivity index (χ4n) is 1.51. The van der Waals surface area contributed by atoms with Gasteiger partial charge in [-0.25, -0.2) is 0 Å². The molecule has 19 heavy (non-hydrogen) atoms. The summed E-state index contributed by atoms with van der Waals surface area (Å²) in [7, 11) is 1.54. The van der Waals surface area contributed by atoms with Gasteiger partial charge < -0.3 is 15.6 Å². The molecule has 0 aliphatic rings. The minimum atomic E-state index is -0.217. The van der Waals surface area contributed by atoms with Crippen molar-refractivity contribution < 1.29 is 9.84 Å². The molecule has 0 aliphatic heterocycles. The maximum Gasteiger partial charge on any atom is 0.195 e. The van der Waals surface area contributed by atoms with Crippen molar-refractivity contribution in [3.63, 3.8) is 0 Å². The van der Waals surface area contributed by atoms with Gasteiger partial charge in [-0.2, -0.15) is 4.99 Å². The van der Waals surface area contributed by atoms with Crippen molar-refractivity contribution in [3.05, 3.63) is 11.8 Å². The molecular weight excluding hydrogens is 266 g/mol. The van der Waals surface area contributed by atoms with Crippen LogP contribution in [0.4, 0.5) is 0 Å². The lowest BCUT2D eigenvalue weighted by atomic mass is 10.1. The smallest absolute Gasteiger partial charge is 0.195 e. The normalized spacial score (nSPS) is 15.5. The van der Waals surface area contributed by atoms with E-state index in [-0.39, 0.29) is 17.9 Å². The SMILES string of the molecule is CC/C=C(/OC)C(N=C(N)Cl)=N[C@@H](CO)CCCC. The molecule has 0 saturated carbocycles. The number of unbranched alkanes of at least 4 members (excludes halogenated alkanes) is 1. The molecule has 110 valence electrons. The molecule has 0 unspecified atom stereocenters. The van der Waals surface area contributed by atoms with Crippen molar-refractivity contribution in [2.75, 3.05) is 13.7 Å². The first-order valence-electron chi connectivity index (χ1n) is 6.51. The number of nitrogens with two attached hydrogens (primary N) is 1. The molecule has 0 aliphatic carbocycles. The van der Waals surface area contributed by atoms with Crippen LogP contribution in [-0.2, 0) is 4.74 Å². The van der Waals surface area contributed by atoms with Crippen molar-refractivity contribution in [3.8, 4) is 0 Å². The van der Waals surface area contributed by atoms with Gasteiger partial charge in [-0.1, -0.05) is 26.7 Å². The molecule has 0 rings (SSSR count). The lowest BCUT2D eigenvalue weighted by Gasteiger charge is -2.12. The predicted octanol–water partition coefficient (Wildman–Crippen LogP) is 2.43. The monoisotopic (exact) mass is 289 g/mol. The highest BCUT2D eigenvalue weighted by Crippen LogP contribution is 2.10. The van der Waals surface area contributed by atoms with Crippen LogP contribution in [0.3, 0.4) is 0 Å². The van der Waals surface area contributed by atoms with Gasteiger partial charge in [0.05, 0.1) is 19.8 Å². The van der Waals surface area contributed by atoms with E-state index in [0.717, 1.165) is 25.7 Å². The maximum atomic E-state index is 9.34. The largest absolute Gasteiger partial charge is 0.493 e. The number of aliphatic imine (C=N–C) groups is 2. The number of amidine groups is 2. The number of hydrogen-bond donors (Lipinski definition) is 2. The molecule has 1 atom stereocenters. The zero-order valence-electron chi connectivity index (χ0n) is 11.9. The number of allylic oxidation sites excluding steroid dienone is 1. The van der Waals surface area contributed by atoms with E-state index in [2.05, 4.69) is 16.9 Å². The minimum Gasteiger partial charge on any atom is -0.493 e. The molecule has 0 saturated heterocycles. The lowest BCUT2D eigenvalue weighted by molar-refractivity contribution is 0.258. The van der Waals surface area contributed by atoms with E-state index >= 15 is 0 Å². The summed E-state index contributed by atoms with van der Waals surface area (Å²) in [6, 6.07) is -0.217. The first kappa shape index (κ1) is 17.9. The number of aliphatic hydroxyl groups excluding tert-OH is 1. The Morgan fingerprint density at radius 3 is 2.58 bits per heavy atom. The average molecular weight is 290 g/mol. The minimum absolute atomic E-state index is 0.0374. The first-order chi connectivity index (χ1) is 9.08. The zero-order chi connectivity index (χ0) is 14.7. The Labute approximate surface area is 120 Å². The van der Waals surface area contributed by atoms with Gasteiger partial charge in [0.2, 0.25) is 0 Å². The maximum absolute atomic E-state index is 9.34. The number of nitrogens with zero attached hydrogens (tertiary/aromatic N) is 2. The topological polar surface area (TPSA) is 80.2 Å². The number of halogens is 1. The van der Waals surface area contributed by atoms with E-state index < -0.39 is 0 Å². The van der Waals surface area contributed by atoms with Crippen LogP contribution in [0.2, 0.25) is 0 Å². The van der Waals surface area contributed by atoms with Gasteiger partial charge in [-0.05, 0) is 30.5 Å². The first-order valence-corrected chi connectivity index (χ1v) is 6.89. The molecule has 0 aromatic heterocycles. The highest BCUT2D eigenvalue weighted by Gasteiger charge is 2.11. The summed E-state index contributed by atoms with van der Waals surface area (Å²) < 4.78 is 5.23. The summed E-state index contributed by atoms with van der Waals surface area (Å²) in [6.45, 7) is 4.03. The van der Waals surface area contributed by atoms with Crippen LogP contribution in [0.5, 0.6) is 0 Å². The molecule has 5 nitrogen and oxygen atoms in total. The number of aliphatic hydroxyl groups is 1. The average Bonchev–Trinajstić information content (AvgIpc) is 2.39. The molecule has 0 aromatic carbocycles. The Bertz CT molecular complexity index is 337. The van der Waals surface area contributed by atoms with E-state index in [1.807, 2.05) is 13.0 Å². The Hall–Kier alpha value is -1.07. The quantitative estimate of drug-likeness (QED) is 0.312. The fourth-order valence-corrected chi connectivity index (χ4v) is 1.59. The van der Waals surface area contributed by atoms with Gasteiger partial charge in [-0.3, -0.25) is 4.99 Å². The van der Waals surface area contributed by atoms with Gasteiger partial charge in [0, 0.05) is 0 Å². The van der Waals surface area contributed by atoms with Gasteiger partial charge in [0.15, 0.2) is 16.9 Å². The van der Waals surface area contributed by atoms with E-state index in [1.54, 1.807) is 0 Å². The molecule has 3 N–H and O–H groups in total. The molecule has 0 fully saturated rings. The number of hydrogen-bond acceptors (Lipinski definition) is 3. The third-order valence-corrected chi connectivity index (χ3v) is 2.53. The summed E-state index contributed by atoms with van der Waals surface area (Å²) >= 11 is 5.61. The Balaban J connectivity index is 5.20. The van der Waals surface area contributed by atoms with Gasteiger partial charge in [0.25, 0.3) is 0 Å². The van der Waals surface area contributed by atoms with E-state index in [1.165, 1.54) is 7.11 Å². The molecule has 0 heterocycles. The summed E-state index contributed by atoms with van der Waals surface area (Å²) in [5.74, 6) is 0.841. The second-order valence-electron chi connectivity index (χ2n) is 4.05. The van der Waals surface area contributed by atoms with Crippen LogP contribution in [0.25, 0.3) is 0 Å². The molecule has 0 amide bonds. The van der Waals surface area contributed by atoms with Crippen LogP contribution in [0, 0.1) is 0 Å². The molecule has 0 radical (unpaired) electrons. The van der Waals surface area contributed by atoms with Crippen LogP contribution in [-0.4, -0.2) is 36.0 Å². The predicted molar refractivity (Wildman–Crippen MR) is 80.7 cm³/mol. The second kappa shape index (κ2) is 10.8. The number of rotatable bonds is 8. The summed E-state index contributed by atoms with van der Waals surface area (Å²) in [6.07, 6.45) is 5.44. The van der Waals surface area contributed by atoms with E-state index in [9.17, 15) is 5.11 Å². The second-order valence-corrected chi connectivity index (χ2v) is 4.43. The molecule has 0 bridgehead atoms. The van der Waals surface area contributed by atoms with Crippen molar-refractivity contribution in [2.24, 2.45) is 15.7 Å². The van der Waals surface area contributed by atoms with Crippen molar-refractivity contribution in [1.82, 2.24) is 0 Å². The number of methoxy groups -OCH3 is 1. The molecular formula is C13H24ClN3O2. The van der Waals surface area contributed by atoms with Gasteiger partial charge in [0.1, 0.15) is 0 Å². The van der Waals surface area contributed by atoms with Crippen LogP contribution < -0.4 is 5.73 Å². The Morgan fingerprint density at radius 2 is 2.16 bits per heavy atom. The zero-order valence-corrected chi connectivity index (χ0v) is 12.7. The van der Waals surface area contributed by atoms with E-state index in [0.29, 0.717) is 11.6 Å². The number of ether oxygens (including phenoxy) is 1. The van der Waals surface area contributed by atoms with E-state index in [4.69, 9.17) is 22.1 Å². The van der Waals surface area contributed by atoms with Crippen molar-refractivity contribution in [1.29, 1.82) is 0 Å². The summed E-state index contributed by atoms with van der Waals surface area (Å²) in [5.41, 5.74) is 5.39. The molecule has 0 aromatic rings. The highest BCUT2D eigenvalue weighted by molar-refractivity contribution is 6.65. The van der Waals surface area contributed by atoms with Crippen LogP contribution >= 0.6 is 11.6 Å². The van der Waals surface area contributed by atoms with Crippen LogP contribution in [0.1, 0.15) is 39.5 Å². The molecule has 6 heteroatoms. The van der Waals surface area contributed by atoms with Crippen molar-refractivity contribution >= 4 is 22.7 Å². The summed E-state index contributed by atoms with van der Waals surface area (Å²) in [4.78, 5) is 8.35. The third-order valence-electron chi connectivity index (χ3n) is 2.45. The standard InChI is InChI=1S/C13H24ClN3O2/c1-4-6-8-10(9-18)16-12(17-13(14)15)11(19-3)7-5-2/h7,10,18H,4-6,8-9H2,1-3H3,(H2,15,16,17)/b11-7+/t10-/m1/s1. The Kier molecular flexibility index (Phi) is 10.2. The van der Waals surface area contributed by atoms with Gasteiger partial charge >= 0.3 is 0 Å². The highest BCUT2D eigenvalue weighted by atomic mass is 35.5. The Morgan fingerprint density at radius 1 is 1.47 bits per heavy atom. The molecule has 0 spiro atoms. The lowest BCUT2D eigenvalue weighted by Crippen LogP contribution is -2.17. The van der Waals surface area contributed by atoms with Crippen LogP contribution in [0.15, 0.2) is 21.8 Å².